The first-order valence-electron chi connectivity index (χ1n) is 5.05. The van der Waals surface area contributed by atoms with Crippen LogP contribution in [0.1, 0.15) is 40.5 Å². The summed E-state index contributed by atoms with van der Waals surface area (Å²) in [6.45, 7) is 10.5. The molecule has 2 unspecified atom stereocenters. The van der Waals surface area contributed by atoms with Crippen LogP contribution in [0.3, 0.4) is 0 Å². The van der Waals surface area contributed by atoms with Gasteiger partial charge in [-0.15, -0.1) is 0 Å². The molecule has 0 aromatic carbocycles. The summed E-state index contributed by atoms with van der Waals surface area (Å²) in [6, 6.07) is 0.609. The molecule has 2 atom stereocenters. The minimum Gasteiger partial charge on any atom is -0.377 e. The van der Waals surface area contributed by atoms with Gasteiger partial charge in [-0.05, 0) is 26.7 Å². The lowest BCUT2D eigenvalue weighted by molar-refractivity contribution is 0.0647. The summed E-state index contributed by atoms with van der Waals surface area (Å²) < 4.78 is 5.52. The Hall–Kier alpha value is -0.0800. The minimum absolute atomic E-state index is 0.346. The Morgan fingerprint density at radius 3 is 2.42 bits per heavy atom. The average Bonchev–Trinajstić information content (AvgIpc) is 2.10. The van der Waals surface area contributed by atoms with Crippen molar-refractivity contribution < 1.29 is 4.74 Å². The zero-order chi connectivity index (χ0) is 9.40. The molecule has 0 aromatic heterocycles. The van der Waals surface area contributed by atoms with Gasteiger partial charge in [-0.2, -0.15) is 0 Å². The normalized spacial score (nSPS) is 16.0. The van der Waals surface area contributed by atoms with Crippen molar-refractivity contribution in [3.8, 4) is 0 Å². The maximum Gasteiger partial charge on any atom is 0.0671 e. The monoisotopic (exact) mass is 173 g/mol. The highest BCUT2D eigenvalue weighted by Crippen LogP contribution is 1.93. The molecule has 0 amide bonds. The van der Waals surface area contributed by atoms with Gasteiger partial charge in [0.15, 0.2) is 0 Å². The van der Waals surface area contributed by atoms with Gasteiger partial charge >= 0.3 is 0 Å². The van der Waals surface area contributed by atoms with Crippen LogP contribution in [0.25, 0.3) is 0 Å². The van der Waals surface area contributed by atoms with Crippen molar-refractivity contribution in [1.82, 2.24) is 5.32 Å². The molecule has 1 N–H and O–H groups in total. The Kier molecular flexibility index (Phi) is 7.51. The fourth-order valence-electron chi connectivity index (χ4n) is 0.889. The zero-order valence-corrected chi connectivity index (χ0v) is 8.89. The van der Waals surface area contributed by atoms with Crippen molar-refractivity contribution in [2.45, 2.75) is 52.7 Å². The van der Waals surface area contributed by atoms with E-state index in [9.17, 15) is 0 Å². The predicted molar refractivity (Wildman–Crippen MR) is 53.5 cm³/mol. The summed E-state index contributed by atoms with van der Waals surface area (Å²) in [4.78, 5) is 0. The average molecular weight is 173 g/mol. The summed E-state index contributed by atoms with van der Waals surface area (Å²) >= 11 is 0. The smallest absolute Gasteiger partial charge is 0.0671 e. The lowest BCUT2D eigenvalue weighted by Crippen LogP contribution is -2.33. The SMILES string of the molecule is CCCOC(C)CNC(C)CC. The van der Waals surface area contributed by atoms with Gasteiger partial charge in [0.25, 0.3) is 0 Å². The fourth-order valence-corrected chi connectivity index (χ4v) is 0.889. The lowest BCUT2D eigenvalue weighted by Gasteiger charge is -2.16. The Morgan fingerprint density at radius 2 is 1.92 bits per heavy atom. The van der Waals surface area contributed by atoms with Gasteiger partial charge in [0.1, 0.15) is 0 Å². The predicted octanol–water partition coefficient (Wildman–Crippen LogP) is 2.19. The topological polar surface area (TPSA) is 21.3 Å². The zero-order valence-electron chi connectivity index (χ0n) is 8.89. The van der Waals surface area contributed by atoms with E-state index in [0.29, 0.717) is 12.1 Å². The van der Waals surface area contributed by atoms with Gasteiger partial charge < -0.3 is 10.1 Å². The Morgan fingerprint density at radius 1 is 1.25 bits per heavy atom. The second-order valence-corrected chi connectivity index (χ2v) is 3.40. The number of rotatable bonds is 7. The maximum absolute atomic E-state index is 5.52. The van der Waals surface area contributed by atoms with Crippen LogP contribution in [0.2, 0.25) is 0 Å². The van der Waals surface area contributed by atoms with Crippen LogP contribution in [0, 0.1) is 0 Å². The second-order valence-electron chi connectivity index (χ2n) is 3.40. The summed E-state index contributed by atoms with van der Waals surface area (Å²) in [6.07, 6.45) is 2.63. The molecule has 0 fully saturated rings. The third kappa shape index (κ3) is 6.62. The first-order chi connectivity index (χ1) is 5.70. The van der Waals surface area contributed by atoms with E-state index in [1.54, 1.807) is 0 Å². The standard InChI is InChI=1S/C10H23NO/c1-5-7-12-10(4)8-11-9(3)6-2/h9-11H,5-8H2,1-4H3. The van der Waals surface area contributed by atoms with E-state index in [2.05, 4.69) is 33.0 Å². The molecule has 0 bridgehead atoms. The van der Waals surface area contributed by atoms with Gasteiger partial charge in [-0.3, -0.25) is 0 Å². The lowest BCUT2D eigenvalue weighted by atomic mass is 10.2. The molecule has 0 aliphatic rings. The van der Waals surface area contributed by atoms with Crippen molar-refractivity contribution in [3.63, 3.8) is 0 Å². The highest BCUT2D eigenvalue weighted by atomic mass is 16.5. The summed E-state index contributed by atoms with van der Waals surface area (Å²) in [5.74, 6) is 0. The third-order valence-corrected chi connectivity index (χ3v) is 1.97. The fraction of sp³-hybridized carbons (Fsp3) is 1.00. The van der Waals surface area contributed by atoms with Crippen LogP contribution >= 0.6 is 0 Å². The molecule has 74 valence electrons. The third-order valence-electron chi connectivity index (χ3n) is 1.97. The summed E-state index contributed by atoms with van der Waals surface area (Å²) in [7, 11) is 0. The highest BCUT2D eigenvalue weighted by Gasteiger charge is 2.02. The van der Waals surface area contributed by atoms with Gasteiger partial charge in [0.2, 0.25) is 0 Å². The van der Waals surface area contributed by atoms with E-state index in [-0.39, 0.29) is 0 Å². The maximum atomic E-state index is 5.52. The van der Waals surface area contributed by atoms with E-state index in [1.807, 2.05) is 0 Å². The Balaban J connectivity index is 3.24. The van der Waals surface area contributed by atoms with Crippen LogP contribution < -0.4 is 5.32 Å². The molecule has 12 heavy (non-hydrogen) atoms. The van der Waals surface area contributed by atoms with Crippen LogP contribution in [0.5, 0.6) is 0 Å². The van der Waals surface area contributed by atoms with Crippen LogP contribution in [0.15, 0.2) is 0 Å². The van der Waals surface area contributed by atoms with Crippen LogP contribution in [0.4, 0.5) is 0 Å². The van der Waals surface area contributed by atoms with Gasteiger partial charge in [-0.25, -0.2) is 0 Å². The van der Waals surface area contributed by atoms with E-state index >= 15 is 0 Å². The molecule has 0 aliphatic carbocycles. The highest BCUT2D eigenvalue weighted by molar-refractivity contribution is 4.61. The van der Waals surface area contributed by atoms with Crippen molar-refractivity contribution >= 4 is 0 Å². The molecular formula is C10H23NO. The van der Waals surface area contributed by atoms with Crippen molar-refractivity contribution in [3.05, 3.63) is 0 Å². The Bertz CT molecular complexity index is 95.8. The molecular weight excluding hydrogens is 150 g/mol. The molecule has 0 rings (SSSR count). The van der Waals surface area contributed by atoms with Crippen molar-refractivity contribution in [1.29, 1.82) is 0 Å². The number of ether oxygens (including phenoxy) is 1. The van der Waals surface area contributed by atoms with Gasteiger partial charge in [-0.1, -0.05) is 13.8 Å². The number of hydrogen-bond donors (Lipinski definition) is 1. The van der Waals surface area contributed by atoms with Crippen LogP contribution in [-0.4, -0.2) is 25.3 Å². The molecule has 0 heterocycles. The van der Waals surface area contributed by atoms with E-state index < -0.39 is 0 Å². The quantitative estimate of drug-likeness (QED) is 0.637. The first-order valence-corrected chi connectivity index (χ1v) is 5.05. The van der Waals surface area contributed by atoms with E-state index in [4.69, 9.17) is 4.74 Å². The number of hydrogen-bond acceptors (Lipinski definition) is 2. The minimum atomic E-state index is 0.346. The molecule has 0 radical (unpaired) electrons. The summed E-state index contributed by atoms with van der Waals surface area (Å²) in [5, 5.41) is 3.42. The largest absolute Gasteiger partial charge is 0.377 e. The summed E-state index contributed by atoms with van der Waals surface area (Å²) in [5.41, 5.74) is 0. The molecule has 0 aromatic rings. The van der Waals surface area contributed by atoms with Gasteiger partial charge in [0.05, 0.1) is 6.10 Å². The van der Waals surface area contributed by atoms with Crippen molar-refractivity contribution in [2.75, 3.05) is 13.2 Å². The van der Waals surface area contributed by atoms with Gasteiger partial charge in [0, 0.05) is 19.2 Å². The molecule has 0 saturated heterocycles. The molecule has 2 nitrogen and oxygen atoms in total. The van der Waals surface area contributed by atoms with E-state index in [1.165, 1.54) is 6.42 Å². The van der Waals surface area contributed by atoms with E-state index in [0.717, 1.165) is 19.6 Å². The first kappa shape index (κ1) is 11.9. The molecule has 0 aliphatic heterocycles. The molecule has 2 heteroatoms. The number of nitrogens with one attached hydrogen (secondary N) is 1. The molecule has 0 saturated carbocycles. The molecule has 0 spiro atoms. The van der Waals surface area contributed by atoms with Crippen LogP contribution in [-0.2, 0) is 4.74 Å². The second kappa shape index (κ2) is 7.56. The Labute approximate surface area is 76.7 Å². The van der Waals surface area contributed by atoms with Crippen molar-refractivity contribution in [2.24, 2.45) is 0 Å².